The summed E-state index contributed by atoms with van der Waals surface area (Å²) in [5.41, 5.74) is 2.29. The first kappa shape index (κ1) is 11.5. The third-order valence-electron chi connectivity index (χ3n) is 3.11. The molecule has 1 saturated heterocycles. The highest BCUT2D eigenvalue weighted by Crippen LogP contribution is 2.12. The second-order valence-electron chi connectivity index (χ2n) is 4.10. The largest absolute Gasteiger partial charge is 0.334 e. The van der Waals surface area contributed by atoms with Crippen LogP contribution in [0.1, 0.15) is 24.3 Å². The molecule has 2 rings (SSSR count). The topological polar surface area (TPSA) is 36.4 Å². The molecule has 0 aromatic carbocycles. The highest BCUT2D eigenvalue weighted by molar-refractivity contribution is 7.07. The molecule has 1 aromatic rings. The van der Waals surface area contributed by atoms with E-state index in [0.29, 0.717) is 11.7 Å². The van der Waals surface area contributed by atoms with Crippen molar-refractivity contribution in [1.29, 1.82) is 0 Å². The van der Waals surface area contributed by atoms with Crippen LogP contribution in [-0.4, -0.2) is 52.9 Å². The van der Waals surface area contributed by atoms with Crippen LogP contribution in [-0.2, 0) is 0 Å². The van der Waals surface area contributed by atoms with Gasteiger partial charge in [0.15, 0.2) is 0 Å². The van der Waals surface area contributed by atoms with Crippen molar-refractivity contribution < 1.29 is 4.79 Å². The lowest BCUT2D eigenvalue weighted by molar-refractivity contribution is 0.0524. The normalized spacial score (nSPS) is 22.4. The van der Waals surface area contributed by atoms with Crippen molar-refractivity contribution in [3.63, 3.8) is 0 Å². The molecule has 4 nitrogen and oxygen atoms in total. The fourth-order valence-corrected chi connectivity index (χ4v) is 2.66. The first-order chi connectivity index (χ1) is 7.72. The summed E-state index contributed by atoms with van der Waals surface area (Å²) in [5, 5.41) is 1.82. The van der Waals surface area contributed by atoms with Crippen molar-refractivity contribution in [3.8, 4) is 0 Å². The Balaban J connectivity index is 2.00. The molecule has 0 bridgehead atoms. The van der Waals surface area contributed by atoms with Gasteiger partial charge in [0, 0.05) is 31.1 Å². The van der Waals surface area contributed by atoms with Crippen molar-refractivity contribution in [2.24, 2.45) is 0 Å². The van der Waals surface area contributed by atoms with Crippen molar-refractivity contribution in [2.45, 2.75) is 19.9 Å². The fourth-order valence-electron chi connectivity index (χ4n) is 2.13. The number of hydrogen-bond donors (Lipinski definition) is 0. The predicted molar refractivity (Wildman–Crippen MR) is 64.7 cm³/mol. The molecule has 1 aliphatic rings. The smallest absolute Gasteiger partial charge is 0.273 e. The number of carbonyl (C=O) groups is 1. The molecule has 5 heteroatoms. The van der Waals surface area contributed by atoms with Crippen LogP contribution in [0, 0.1) is 0 Å². The molecule has 0 spiro atoms. The van der Waals surface area contributed by atoms with E-state index in [-0.39, 0.29) is 5.91 Å². The molecular formula is C11H17N3OS. The zero-order valence-corrected chi connectivity index (χ0v) is 10.5. The minimum absolute atomic E-state index is 0.0730. The number of carbonyl (C=O) groups excluding carboxylic acids is 1. The van der Waals surface area contributed by atoms with Crippen LogP contribution in [0.3, 0.4) is 0 Å². The summed E-state index contributed by atoms with van der Waals surface area (Å²) in [5.74, 6) is 0.0730. The van der Waals surface area contributed by atoms with Crippen LogP contribution in [0.4, 0.5) is 0 Å². The van der Waals surface area contributed by atoms with Gasteiger partial charge in [-0.15, -0.1) is 11.3 Å². The summed E-state index contributed by atoms with van der Waals surface area (Å²) in [6.07, 6.45) is 0. The number of amides is 1. The van der Waals surface area contributed by atoms with E-state index < -0.39 is 0 Å². The van der Waals surface area contributed by atoms with Gasteiger partial charge in [-0.3, -0.25) is 9.69 Å². The summed E-state index contributed by atoms with van der Waals surface area (Å²) in [4.78, 5) is 20.4. The molecule has 2 heterocycles. The highest BCUT2D eigenvalue weighted by atomic mass is 32.1. The lowest BCUT2D eigenvalue weighted by atomic mass is 10.2. The maximum absolute atomic E-state index is 12.1. The molecule has 1 unspecified atom stereocenters. The van der Waals surface area contributed by atoms with Gasteiger partial charge in [0.2, 0.25) is 0 Å². The third kappa shape index (κ3) is 2.25. The van der Waals surface area contributed by atoms with Gasteiger partial charge in [-0.2, -0.15) is 0 Å². The van der Waals surface area contributed by atoms with Crippen LogP contribution in [0.25, 0.3) is 0 Å². The van der Waals surface area contributed by atoms with Gasteiger partial charge in [-0.25, -0.2) is 4.98 Å². The van der Waals surface area contributed by atoms with Gasteiger partial charge in [0.25, 0.3) is 5.91 Å². The lowest BCUT2D eigenvalue weighted by Gasteiger charge is -2.39. The van der Waals surface area contributed by atoms with E-state index in [0.717, 1.165) is 26.2 Å². The lowest BCUT2D eigenvalue weighted by Crippen LogP contribution is -2.53. The van der Waals surface area contributed by atoms with Gasteiger partial charge >= 0.3 is 0 Å². The van der Waals surface area contributed by atoms with Gasteiger partial charge in [0.1, 0.15) is 5.69 Å². The first-order valence-corrected chi connectivity index (χ1v) is 6.58. The zero-order valence-electron chi connectivity index (χ0n) is 9.72. The Morgan fingerprint density at radius 1 is 1.62 bits per heavy atom. The molecule has 1 fully saturated rings. The Morgan fingerprint density at radius 3 is 3.00 bits per heavy atom. The molecule has 0 radical (unpaired) electrons. The quantitative estimate of drug-likeness (QED) is 0.781. The number of thiazole rings is 1. The number of piperazine rings is 1. The summed E-state index contributed by atoms with van der Waals surface area (Å²) in [6, 6.07) is 0.446. The number of likely N-dealkylation sites (N-methyl/N-ethyl adjacent to an activating group) is 1. The van der Waals surface area contributed by atoms with Gasteiger partial charge in [-0.1, -0.05) is 6.92 Å². The van der Waals surface area contributed by atoms with E-state index >= 15 is 0 Å². The summed E-state index contributed by atoms with van der Waals surface area (Å²) in [7, 11) is 0. The maximum Gasteiger partial charge on any atom is 0.273 e. The fraction of sp³-hybridized carbons (Fsp3) is 0.636. The molecule has 1 aliphatic heterocycles. The van der Waals surface area contributed by atoms with E-state index in [1.165, 1.54) is 11.3 Å². The summed E-state index contributed by atoms with van der Waals surface area (Å²) in [6.45, 7) is 7.98. The minimum Gasteiger partial charge on any atom is -0.334 e. The van der Waals surface area contributed by atoms with Crippen LogP contribution in [0.15, 0.2) is 10.9 Å². The Labute approximate surface area is 99.9 Å². The first-order valence-electron chi connectivity index (χ1n) is 5.64. The van der Waals surface area contributed by atoms with E-state index in [4.69, 9.17) is 0 Å². The van der Waals surface area contributed by atoms with Crippen molar-refractivity contribution in [1.82, 2.24) is 14.8 Å². The van der Waals surface area contributed by atoms with Gasteiger partial charge < -0.3 is 4.90 Å². The molecule has 16 heavy (non-hydrogen) atoms. The predicted octanol–water partition coefficient (Wildman–Crippen LogP) is 1.31. The Morgan fingerprint density at radius 2 is 2.44 bits per heavy atom. The number of hydrogen-bond acceptors (Lipinski definition) is 4. The van der Waals surface area contributed by atoms with Gasteiger partial charge in [-0.05, 0) is 13.5 Å². The van der Waals surface area contributed by atoms with Crippen LogP contribution >= 0.6 is 11.3 Å². The monoisotopic (exact) mass is 239 g/mol. The molecule has 0 N–H and O–H groups in total. The van der Waals surface area contributed by atoms with E-state index in [2.05, 4.69) is 23.7 Å². The molecular weight excluding hydrogens is 222 g/mol. The molecule has 0 aliphatic carbocycles. The van der Waals surface area contributed by atoms with E-state index in [9.17, 15) is 4.79 Å². The number of aromatic nitrogens is 1. The molecule has 0 saturated carbocycles. The summed E-state index contributed by atoms with van der Waals surface area (Å²) >= 11 is 1.47. The zero-order chi connectivity index (χ0) is 11.5. The van der Waals surface area contributed by atoms with E-state index in [1.807, 2.05) is 10.3 Å². The van der Waals surface area contributed by atoms with Crippen LogP contribution in [0.5, 0.6) is 0 Å². The minimum atomic E-state index is 0.0730. The van der Waals surface area contributed by atoms with Crippen LogP contribution in [0.2, 0.25) is 0 Å². The van der Waals surface area contributed by atoms with E-state index in [1.54, 1.807) is 5.51 Å². The van der Waals surface area contributed by atoms with Crippen LogP contribution < -0.4 is 0 Å². The third-order valence-corrected chi connectivity index (χ3v) is 3.70. The van der Waals surface area contributed by atoms with Gasteiger partial charge in [0.05, 0.1) is 5.51 Å². The van der Waals surface area contributed by atoms with Crippen molar-refractivity contribution in [2.75, 3.05) is 26.2 Å². The SMILES string of the molecule is CCN1CCN(C(=O)c2cscn2)CC1C. The Hall–Kier alpha value is -0.940. The number of rotatable bonds is 2. The molecule has 1 amide bonds. The average molecular weight is 239 g/mol. The number of nitrogens with zero attached hydrogens (tertiary/aromatic N) is 3. The summed E-state index contributed by atoms with van der Waals surface area (Å²) < 4.78 is 0. The second-order valence-corrected chi connectivity index (χ2v) is 4.82. The standard InChI is InChI=1S/C11H17N3OS/c1-3-13-4-5-14(6-9(13)2)11(15)10-7-16-8-12-10/h7-9H,3-6H2,1-2H3. The molecule has 1 atom stereocenters. The Kier molecular flexibility index (Phi) is 3.56. The second kappa shape index (κ2) is 4.93. The van der Waals surface area contributed by atoms with Crippen molar-refractivity contribution in [3.05, 3.63) is 16.6 Å². The average Bonchev–Trinajstić information content (AvgIpc) is 2.81. The molecule has 1 aromatic heterocycles. The Bertz CT molecular complexity index is 352. The van der Waals surface area contributed by atoms with Crippen molar-refractivity contribution >= 4 is 17.2 Å². The maximum atomic E-state index is 12.1. The highest BCUT2D eigenvalue weighted by Gasteiger charge is 2.26. The molecule has 88 valence electrons.